The first kappa shape index (κ1) is 19.5. The molecule has 0 amide bonds. The Bertz CT molecular complexity index is 932. The summed E-state index contributed by atoms with van der Waals surface area (Å²) in [7, 11) is 0. The number of piperidine rings is 2. The van der Waals surface area contributed by atoms with Crippen LogP contribution in [0.4, 0.5) is 5.13 Å². The Morgan fingerprint density at radius 3 is 2.40 bits per heavy atom. The van der Waals surface area contributed by atoms with E-state index in [1.165, 1.54) is 45.2 Å². The average Bonchev–Trinajstić information content (AvgIpc) is 3.31. The molecule has 0 N–H and O–H groups in total. The zero-order valence-electron chi connectivity index (χ0n) is 17.1. The monoisotopic (exact) mass is 421 g/mol. The van der Waals surface area contributed by atoms with Gasteiger partial charge in [-0.25, -0.2) is 4.98 Å². The number of pyridine rings is 1. The number of benzene rings is 1. The van der Waals surface area contributed by atoms with Gasteiger partial charge in [-0.15, -0.1) is 10.2 Å². The van der Waals surface area contributed by atoms with Gasteiger partial charge in [-0.2, -0.15) is 0 Å². The Hall–Kier alpha value is -2.51. The van der Waals surface area contributed by atoms with Crippen molar-refractivity contribution < 1.29 is 4.74 Å². The number of hydrogen-bond acceptors (Lipinski definition) is 7. The molecule has 0 aliphatic carbocycles. The molecule has 2 saturated heterocycles. The summed E-state index contributed by atoms with van der Waals surface area (Å²) in [4.78, 5) is 9.53. The van der Waals surface area contributed by atoms with Crippen LogP contribution in [0.3, 0.4) is 0 Å². The van der Waals surface area contributed by atoms with E-state index in [9.17, 15) is 0 Å². The number of ether oxygens (including phenoxy) is 1. The summed E-state index contributed by atoms with van der Waals surface area (Å²) >= 11 is 1.65. The number of hydrogen-bond donors (Lipinski definition) is 0. The van der Waals surface area contributed by atoms with E-state index in [4.69, 9.17) is 4.74 Å². The minimum Gasteiger partial charge on any atom is -0.439 e. The first-order valence-electron chi connectivity index (χ1n) is 10.9. The van der Waals surface area contributed by atoms with Crippen LogP contribution >= 0.6 is 11.3 Å². The van der Waals surface area contributed by atoms with Crippen molar-refractivity contribution in [2.45, 2.75) is 38.1 Å². The predicted octanol–water partition coefficient (Wildman–Crippen LogP) is 4.85. The van der Waals surface area contributed by atoms with Gasteiger partial charge in [-0.3, -0.25) is 0 Å². The van der Waals surface area contributed by atoms with Crippen LogP contribution in [0.1, 0.15) is 32.1 Å². The fourth-order valence-electron chi connectivity index (χ4n) is 4.34. The van der Waals surface area contributed by atoms with Gasteiger partial charge in [0.1, 0.15) is 5.75 Å². The molecule has 2 aliphatic heterocycles. The van der Waals surface area contributed by atoms with Crippen molar-refractivity contribution >= 4 is 16.5 Å². The summed E-state index contributed by atoms with van der Waals surface area (Å²) < 4.78 is 5.77. The molecule has 30 heavy (non-hydrogen) atoms. The van der Waals surface area contributed by atoms with Gasteiger partial charge < -0.3 is 14.5 Å². The topological polar surface area (TPSA) is 54.4 Å². The normalized spacial score (nSPS) is 18.5. The van der Waals surface area contributed by atoms with Gasteiger partial charge in [0.15, 0.2) is 5.01 Å². The van der Waals surface area contributed by atoms with Gasteiger partial charge in [0.2, 0.25) is 11.0 Å². The second-order valence-corrected chi connectivity index (χ2v) is 8.96. The summed E-state index contributed by atoms with van der Waals surface area (Å²) in [5.41, 5.74) is 0.974. The minimum atomic E-state index is 0.578. The number of nitrogens with zero attached hydrogens (tertiary/aromatic N) is 5. The molecule has 0 bridgehead atoms. The lowest BCUT2D eigenvalue weighted by molar-refractivity contribution is 0.141. The highest BCUT2D eigenvalue weighted by atomic mass is 32.1. The molecule has 156 valence electrons. The van der Waals surface area contributed by atoms with Gasteiger partial charge in [-0.1, -0.05) is 36.0 Å². The third kappa shape index (κ3) is 4.47. The highest BCUT2D eigenvalue weighted by Crippen LogP contribution is 2.32. The maximum atomic E-state index is 5.77. The zero-order chi connectivity index (χ0) is 20.2. The number of para-hydroxylation sites is 1. The number of rotatable bonds is 5. The molecule has 0 unspecified atom stereocenters. The molecule has 3 aromatic rings. The molecule has 7 heteroatoms. The second-order valence-electron chi connectivity index (χ2n) is 8.00. The third-order valence-electron chi connectivity index (χ3n) is 6.01. The Morgan fingerprint density at radius 1 is 0.867 bits per heavy atom. The zero-order valence-corrected chi connectivity index (χ0v) is 17.9. The molecule has 5 rings (SSSR count). The average molecular weight is 422 g/mol. The van der Waals surface area contributed by atoms with Crippen molar-refractivity contribution in [1.82, 2.24) is 20.1 Å². The Kier molecular flexibility index (Phi) is 5.90. The van der Waals surface area contributed by atoms with E-state index in [1.54, 1.807) is 11.3 Å². The van der Waals surface area contributed by atoms with Gasteiger partial charge >= 0.3 is 0 Å². The van der Waals surface area contributed by atoms with Crippen molar-refractivity contribution in [2.24, 2.45) is 0 Å². The van der Waals surface area contributed by atoms with Crippen molar-refractivity contribution in [3.8, 4) is 22.2 Å². The quantitative estimate of drug-likeness (QED) is 0.587. The lowest BCUT2D eigenvalue weighted by Gasteiger charge is -2.40. The van der Waals surface area contributed by atoms with Crippen molar-refractivity contribution in [2.75, 3.05) is 31.1 Å². The third-order valence-corrected chi connectivity index (χ3v) is 7.04. The van der Waals surface area contributed by atoms with E-state index < -0.39 is 0 Å². The lowest BCUT2D eigenvalue weighted by atomic mass is 10.0. The van der Waals surface area contributed by atoms with E-state index in [1.807, 2.05) is 48.7 Å². The molecule has 0 spiro atoms. The number of anilines is 1. The highest BCUT2D eigenvalue weighted by molar-refractivity contribution is 7.18. The maximum Gasteiger partial charge on any atom is 0.219 e. The summed E-state index contributed by atoms with van der Waals surface area (Å²) in [5, 5.41) is 10.8. The van der Waals surface area contributed by atoms with E-state index in [0.29, 0.717) is 5.88 Å². The van der Waals surface area contributed by atoms with Crippen molar-refractivity contribution in [3.05, 3.63) is 48.7 Å². The van der Waals surface area contributed by atoms with E-state index >= 15 is 0 Å². The van der Waals surface area contributed by atoms with Crippen LogP contribution in [-0.2, 0) is 0 Å². The molecule has 0 radical (unpaired) electrons. The molecular weight excluding hydrogens is 394 g/mol. The Morgan fingerprint density at radius 2 is 1.67 bits per heavy atom. The molecular formula is C23H27N5OS. The molecule has 2 fully saturated rings. The second kappa shape index (κ2) is 9.10. The first-order valence-corrected chi connectivity index (χ1v) is 11.7. The van der Waals surface area contributed by atoms with E-state index in [2.05, 4.69) is 25.0 Å². The fourth-order valence-corrected chi connectivity index (χ4v) is 5.23. The fraction of sp³-hybridized carbons (Fsp3) is 0.435. The van der Waals surface area contributed by atoms with Crippen LogP contribution in [0.5, 0.6) is 11.6 Å². The number of aromatic nitrogens is 3. The van der Waals surface area contributed by atoms with Gasteiger partial charge in [0, 0.05) is 37.0 Å². The molecule has 2 aliphatic rings. The SMILES string of the molecule is c1ccc(Oc2ccc(-c3nnc(N4CCC(N5CCCCC5)CC4)s3)cn2)cc1. The molecule has 6 nitrogen and oxygen atoms in total. The Labute approximate surface area is 181 Å². The van der Waals surface area contributed by atoms with Gasteiger partial charge in [0.05, 0.1) is 0 Å². The highest BCUT2D eigenvalue weighted by Gasteiger charge is 2.27. The number of likely N-dealkylation sites (tertiary alicyclic amines) is 1. The first-order chi connectivity index (χ1) is 14.8. The largest absolute Gasteiger partial charge is 0.439 e. The molecule has 2 aromatic heterocycles. The molecule has 4 heterocycles. The molecule has 1 aromatic carbocycles. The van der Waals surface area contributed by atoms with Crippen LogP contribution in [0.15, 0.2) is 48.7 Å². The van der Waals surface area contributed by atoms with Crippen LogP contribution in [0.25, 0.3) is 10.6 Å². The lowest BCUT2D eigenvalue weighted by Crippen LogP contribution is -2.46. The van der Waals surface area contributed by atoms with Gasteiger partial charge in [-0.05, 0) is 57.0 Å². The van der Waals surface area contributed by atoms with Crippen molar-refractivity contribution in [1.29, 1.82) is 0 Å². The summed E-state index contributed by atoms with van der Waals surface area (Å²) in [6, 6.07) is 14.3. The smallest absolute Gasteiger partial charge is 0.219 e. The maximum absolute atomic E-state index is 5.77. The molecule has 0 saturated carbocycles. The van der Waals surface area contributed by atoms with Crippen LogP contribution in [-0.4, -0.2) is 52.3 Å². The Balaban J connectivity index is 1.19. The van der Waals surface area contributed by atoms with Crippen molar-refractivity contribution in [3.63, 3.8) is 0 Å². The summed E-state index contributed by atoms with van der Waals surface area (Å²) in [6.07, 6.45) is 8.39. The van der Waals surface area contributed by atoms with Crippen LogP contribution in [0.2, 0.25) is 0 Å². The standard InChI is InChI=1S/C23H27N5OS/c1-3-7-20(8-4-1)29-21-10-9-18(17-24-21)22-25-26-23(30-22)28-15-11-19(12-16-28)27-13-5-2-6-14-27/h1,3-4,7-10,17,19H,2,5-6,11-16H2. The summed E-state index contributed by atoms with van der Waals surface area (Å²) in [5.74, 6) is 1.36. The van der Waals surface area contributed by atoms with Gasteiger partial charge in [0.25, 0.3) is 0 Å². The van der Waals surface area contributed by atoms with E-state index in [-0.39, 0.29) is 0 Å². The predicted molar refractivity (Wildman–Crippen MR) is 120 cm³/mol. The summed E-state index contributed by atoms with van der Waals surface area (Å²) in [6.45, 7) is 4.70. The van der Waals surface area contributed by atoms with E-state index in [0.717, 1.165) is 40.6 Å². The minimum absolute atomic E-state index is 0.578. The molecule has 0 atom stereocenters. The van der Waals surface area contributed by atoms with Crippen LogP contribution in [0, 0.1) is 0 Å². The van der Waals surface area contributed by atoms with Crippen LogP contribution < -0.4 is 9.64 Å².